The summed E-state index contributed by atoms with van der Waals surface area (Å²) in [5.41, 5.74) is 0. The van der Waals surface area contributed by atoms with Gasteiger partial charge in [0.15, 0.2) is 5.78 Å². The van der Waals surface area contributed by atoms with E-state index in [2.05, 4.69) is 0 Å². The Hall–Kier alpha value is -0.590. The van der Waals surface area contributed by atoms with Gasteiger partial charge in [-0.25, -0.2) is 0 Å². The molecule has 0 aromatic carbocycles. The van der Waals surface area contributed by atoms with Crippen LogP contribution in [0.5, 0.6) is 0 Å². The SMILES string of the molecule is CCC=CC(=O)C1CC1. The highest BCUT2D eigenvalue weighted by molar-refractivity contribution is 5.93. The van der Waals surface area contributed by atoms with Gasteiger partial charge in [0.25, 0.3) is 0 Å². The molecule has 0 heterocycles. The van der Waals surface area contributed by atoms with Gasteiger partial charge in [-0.1, -0.05) is 13.0 Å². The van der Waals surface area contributed by atoms with Crippen molar-refractivity contribution in [3.63, 3.8) is 0 Å². The summed E-state index contributed by atoms with van der Waals surface area (Å²) >= 11 is 0. The molecule has 1 saturated carbocycles. The van der Waals surface area contributed by atoms with Gasteiger partial charge >= 0.3 is 0 Å². The van der Waals surface area contributed by atoms with Gasteiger partial charge in [-0.05, 0) is 25.3 Å². The number of allylic oxidation sites excluding steroid dienone is 2. The maximum Gasteiger partial charge on any atom is 0.158 e. The Morgan fingerprint density at radius 2 is 2.33 bits per heavy atom. The van der Waals surface area contributed by atoms with Crippen LogP contribution in [-0.4, -0.2) is 5.78 Å². The Bertz CT molecular complexity index is 132. The summed E-state index contributed by atoms with van der Waals surface area (Å²) < 4.78 is 0. The van der Waals surface area contributed by atoms with Gasteiger partial charge < -0.3 is 0 Å². The molecule has 1 aliphatic rings. The van der Waals surface area contributed by atoms with Crippen LogP contribution in [0.3, 0.4) is 0 Å². The first-order chi connectivity index (χ1) is 4.34. The molecule has 0 aliphatic heterocycles. The minimum Gasteiger partial charge on any atom is -0.295 e. The van der Waals surface area contributed by atoms with E-state index in [1.807, 2.05) is 13.0 Å². The second kappa shape index (κ2) is 2.81. The van der Waals surface area contributed by atoms with Crippen LogP contribution >= 0.6 is 0 Å². The summed E-state index contributed by atoms with van der Waals surface area (Å²) in [6.07, 6.45) is 6.86. The van der Waals surface area contributed by atoms with Gasteiger partial charge in [0, 0.05) is 5.92 Å². The molecule has 1 aliphatic carbocycles. The minimum atomic E-state index is 0.330. The maximum absolute atomic E-state index is 10.9. The molecule has 0 N–H and O–H groups in total. The summed E-state index contributed by atoms with van der Waals surface area (Å²) in [4.78, 5) is 10.9. The number of hydrogen-bond donors (Lipinski definition) is 0. The average molecular weight is 124 g/mol. The largest absolute Gasteiger partial charge is 0.295 e. The lowest BCUT2D eigenvalue weighted by Crippen LogP contribution is -1.92. The van der Waals surface area contributed by atoms with E-state index in [1.54, 1.807) is 6.08 Å². The summed E-state index contributed by atoms with van der Waals surface area (Å²) in [7, 11) is 0. The zero-order valence-electron chi connectivity index (χ0n) is 5.76. The summed E-state index contributed by atoms with van der Waals surface area (Å²) in [5, 5.41) is 0. The van der Waals surface area contributed by atoms with Crippen molar-refractivity contribution in [1.29, 1.82) is 0 Å². The lowest BCUT2D eigenvalue weighted by atomic mass is 10.2. The van der Waals surface area contributed by atoms with E-state index >= 15 is 0 Å². The fourth-order valence-corrected chi connectivity index (χ4v) is 0.738. The van der Waals surface area contributed by atoms with Crippen LogP contribution in [0.15, 0.2) is 12.2 Å². The van der Waals surface area contributed by atoms with Crippen molar-refractivity contribution in [2.24, 2.45) is 5.92 Å². The maximum atomic E-state index is 10.9. The van der Waals surface area contributed by atoms with Gasteiger partial charge in [-0.2, -0.15) is 0 Å². The molecule has 9 heavy (non-hydrogen) atoms. The number of ketones is 1. The fraction of sp³-hybridized carbons (Fsp3) is 0.625. The monoisotopic (exact) mass is 124 g/mol. The van der Waals surface area contributed by atoms with Gasteiger partial charge in [0.1, 0.15) is 0 Å². The predicted octanol–water partition coefficient (Wildman–Crippen LogP) is 1.93. The first kappa shape index (κ1) is 6.53. The average Bonchev–Trinajstić information content (AvgIpc) is 2.63. The normalized spacial score (nSPS) is 18.8. The first-order valence-electron chi connectivity index (χ1n) is 3.55. The molecule has 0 bridgehead atoms. The van der Waals surface area contributed by atoms with Crippen LogP contribution in [0.1, 0.15) is 26.2 Å². The highest BCUT2D eigenvalue weighted by Gasteiger charge is 2.27. The van der Waals surface area contributed by atoms with Crippen molar-refractivity contribution in [2.75, 3.05) is 0 Å². The third-order valence-electron chi connectivity index (χ3n) is 1.50. The smallest absolute Gasteiger partial charge is 0.158 e. The molecule has 1 heteroatoms. The molecule has 0 aromatic rings. The highest BCUT2D eigenvalue weighted by Crippen LogP contribution is 2.29. The van der Waals surface area contributed by atoms with E-state index in [0.29, 0.717) is 11.7 Å². The standard InChI is InChI=1S/C8H12O/c1-2-3-4-8(9)7-5-6-7/h3-4,7H,2,5-6H2,1H3. The van der Waals surface area contributed by atoms with Crippen LogP contribution in [0.2, 0.25) is 0 Å². The van der Waals surface area contributed by atoms with E-state index in [-0.39, 0.29) is 0 Å². The van der Waals surface area contributed by atoms with Crippen molar-refractivity contribution in [3.8, 4) is 0 Å². The lowest BCUT2D eigenvalue weighted by molar-refractivity contribution is -0.115. The summed E-state index contributed by atoms with van der Waals surface area (Å²) in [6.45, 7) is 2.04. The van der Waals surface area contributed by atoms with E-state index in [0.717, 1.165) is 19.3 Å². The van der Waals surface area contributed by atoms with Crippen molar-refractivity contribution >= 4 is 5.78 Å². The second-order valence-corrected chi connectivity index (χ2v) is 2.49. The lowest BCUT2D eigenvalue weighted by Gasteiger charge is -1.83. The topological polar surface area (TPSA) is 17.1 Å². The zero-order valence-corrected chi connectivity index (χ0v) is 5.76. The van der Waals surface area contributed by atoms with Crippen LogP contribution < -0.4 is 0 Å². The Kier molecular flexibility index (Phi) is 2.04. The molecule has 0 atom stereocenters. The fourth-order valence-electron chi connectivity index (χ4n) is 0.738. The number of carbonyl (C=O) groups is 1. The third-order valence-corrected chi connectivity index (χ3v) is 1.50. The molecule has 50 valence electrons. The third kappa shape index (κ3) is 2.00. The Morgan fingerprint density at radius 3 is 2.78 bits per heavy atom. The molecule has 1 rings (SSSR count). The number of rotatable bonds is 3. The van der Waals surface area contributed by atoms with Crippen LogP contribution in [-0.2, 0) is 4.79 Å². The molecule has 1 nitrogen and oxygen atoms in total. The minimum absolute atomic E-state index is 0.330. The first-order valence-corrected chi connectivity index (χ1v) is 3.55. The molecule has 0 radical (unpaired) electrons. The van der Waals surface area contributed by atoms with Crippen LogP contribution in [0, 0.1) is 5.92 Å². The zero-order chi connectivity index (χ0) is 6.69. The van der Waals surface area contributed by atoms with Gasteiger partial charge in [0.05, 0.1) is 0 Å². The number of carbonyl (C=O) groups excluding carboxylic acids is 1. The Morgan fingerprint density at radius 1 is 1.67 bits per heavy atom. The summed E-state index contributed by atoms with van der Waals surface area (Å²) in [5.74, 6) is 0.727. The summed E-state index contributed by atoms with van der Waals surface area (Å²) in [6, 6.07) is 0. The van der Waals surface area contributed by atoms with Gasteiger partial charge in [0.2, 0.25) is 0 Å². The van der Waals surface area contributed by atoms with E-state index in [4.69, 9.17) is 0 Å². The highest BCUT2D eigenvalue weighted by atomic mass is 16.1. The van der Waals surface area contributed by atoms with E-state index in [1.165, 1.54) is 0 Å². The van der Waals surface area contributed by atoms with Crippen molar-refractivity contribution in [2.45, 2.75) is 26.2 Å². The van der Waals surface area contributed by atoms with Gasteiger partial charge in [-0.15, -0.1) is 0 Å². The van der Waals surface area contributed by atoms with Crippen molar-refractivity contribution in [3.05, 3.63) is 12.2 Å². The predicted molar refractivity (Wildman–Crippen MR) is 37.2 cm³/mol. The number of hydrogen-bond acceptors (Lipinski definition) is 1. The molecule has 0 amide bonds. The second-order valence-electron chi connectivity index (χ2n) is 2.49. The molecule has 0 aromatic heterocycles. The molecular formula is C8H12O. The van der Waals surface area contributed by atoms with Gasteiger partial charge in [-0.3, -0.25) is 4.79 Å². The quantitative estimate of drug-likeness (QED) is 0.525. The molecule has 0 spiro atoms. The molecule has 0 unspecified atom stereocenters. The Labute approximate surface area is 55.8 Å². The van der Waals surface area contributed by atoms with E-state index < -0.39 is 0 Å². The molecule has 0 saturated heterocycles. The Balaban J connectivity index is 2.25. The molecule has 1 fully saturated rings. The van der Waals surface area contributed by atoms with Crippen LogP contribution in [0.25, 0.3) is 0 Å². The van der Waals surface area contributed by atoms with Crippen molar-refractivity contribution in [1.82, 2.24) is 0 Å². The van der Waals surface area contributed by atoms with Crippen molar-refractivity contribution < 1.29 is 4.79 Å². The molecular weight excluding hydrogens is 112 g/mol. The van der Waals surface area contributed by atoms with E-state index in [9.17, 15) is 4.79 Å². The van der Waals surface area contributed by atoms with Crippen LogP contribution in [0.4, 0.5) is 0 Å².